The van der Waals surface area contributed by atoms with Crippen molar-refractivity contribution < 1.29 is 4.79 Å². The summed E-state index contributed by atoms with van der Waals surface area (Å²) in [6.45, 7) is 8.66. The highest BCUT2D eigenvalue weighted by Gasteiger charge is 2.07. The molecule has 1 heterocycles. The molecular weight excluding hydrogens is 288 g/mol. The van der Waals surface area contributed by atoms with Crippen LogP contribution in [0.15, 0.2) is 42.7 Å². The minimum atomic E-state index is -0.215. The number of nitrogens with zero attached hydrogens (tertiary/aromatic N) is 2. The molecule has 5 heteroatoms. The summed E-state index contributed by atoms with van der Waals surface area (Å²) in [6.07, 6.45) is 3.45. The molecule has 0 radical (unpaired) electrons. The van der Waals surface area contributed by atoms with Gasteiger partial charge in [0.25, 0.3) is 0 Å². The Kier molecular flexibility index (Phi) is 5.97. The second-order valence-electron chi connectivity index (χ2n) is 5.34. The van der Waals surface area contributed by atoms with E-state index in [4.69, 9.17) is 0 Å². The highest BCUT2D eigenvalue weighted by atomic mass is 16.2. The number of hydrogen-bond donors (Lipinski definition) is 2. The molecule has 23 heavy (non-hydrogen) atoms. The van der Waals surface area contributed by atoms with Gasteiger partial charge in [0.05, 0.1) is 0 Å². The van der Waals surface area contributed by atoms with Gasteiger partial charge in [-0.1, -0.05) is 6.07 Å². The van der Waals surface area contributed by atoms with Gasteiger partial charge >= 0.3 is 6.03 Å². The van der Waals surface area contributed by atoms with Gasteiger partial charge in [-0.15, -0.1) is 0 Å². The van der Waals surface area contributed by atoms with Crippen molar-refractivity contribution in [2.24, 2.45) is 0 Å². The van der Waals surface area contributed by atoms with Gasteiger partial charge in [0.15, 0.2) is 0 Å². The number of pyridine rings is 1. The lowest BCUT2D eigenvalue weighted by Crippen LogP contribution is -2.28. The van der Waals surface area contributed by atoms with Crippen molar-refractivity contribution in [3.63, 3.8) is 0 Å². The first-order valence-corrected chi connectivity index (χ1v) is 7.93. The van der Waals surface area contributed by atoms with Crippen LogP contribution in [0.25, 0.3) is 0 Å². The Balaban J connectivity index is 1.95. The van der Waals surface area contributed by atoms with Crippen LogP contribution in [0, 0.1) is 6.92 Å². The van der Waals surface area contributed by atoms with E-state index >= 15 is 0 Å². The highest BCUT2D eigenvalue weighted by Crippen LogP contribution is 2.22. The van der Waals surface area contributed by atoms with Gasteiger partial charge in [-0.25, -0.2) is 4.79 Å². The average Bonchev–Trinajstić information content (AvgIpc) is 2.57. The molecule has 2 amide bonds. The third-order valence-electron chi connectivity index (χ3n) is 3.76. The first-order valence-electron chi connectivity index (χ1n) is 7.93. The topological polar surface area (TPSA) is 57.3 Å². The number of nitrogens with one attached hydrogen (secondary N) is 2. The summed E-state index contributed by atoms with van der Waals surface area (Å²) >= 11 is 0. The molecule has 0 fully saturated rings. The molecule has 0 atom stereocenters. The van der Waals surface area contributed by atoms with Gasteiger partial charge in [0.2, 0.25) is 0 Å². The Labute approximate surface area is 137 Å². The molecule has 0 aliphatic carbocycles. The lowest BCUT2D eigenvalue weighted by molar-refractivity contribution is 0.251. The van der Waals surface area contributed by atoms with E-state index in [2.05, 4.69) is 40.4 Å². The SMILES string of the molecule is CCN(CC)c1ccc(NC(=O)NCc2cccnc2)c(C)c1. The molecule has 0 aliphatic rings. The Bertz CT molecular complexity index is 639. The lowest BCUT2D eigenvalue weighted by atomic mass is 10.1. The number of aromatic nitrogens is 1. The third kappa shape index (κ3) is 4.71. The number of hydrogen-bond acceptors (Lipinski definition) is 3. The van der Waals surface area contributed by atoms with E-state index in [9.17, 15) is 4.79 Å². The monoisotopic (exact) mass is 312 g/mol. The maximum atomic E-state index is 12.0. The zero-order valence-corrected chi connectivity index (χ0v) is 14.0. The van der Waals surface area contributed by atoms with Crippen LogP contribution in [0.4, 0.5) is 16.2 Å². The van der Waals surface area contributed by atoms with E-state index in [0.29, 0.717) is 6.54 Å². The second kappa shape index (κ2) is 8.17. The number of urea groups is 1. The fourth-order valence-corrected chi connectivity index (χ4v) is 2.43. The van der Waals surface area contributed by atoms with E-state index in [1.807, 2.05) is 31.2 Å². The van der Waals surface area contributed by atoms with Gasteiger partial charge in [0.1, 0.15) is 0 Å². The van der Waals surface area contributed by atoms with Gasteiger partial charge < -0.3 is 15.5 Å². The van der Waals surface area contributed by atoms with Gasteiger partial charge in [-0.3, -0.25) is 4.98 Å². The Morgan fingerprint density at radius 1 is 1.22 bits per heavy atom. The summed E-state index contributed by atoms with van der Waals surface area (Å²) in [5.41, 5.74) is 4.01. The van der Waals surface area contributed by atoms with E-state index < -0.39 is 0 Å². The van der Waals surface area contributed by atoms with Gasteiger partial charge in [0, 0.05) is 43.4 Å². The van der Waals surface area contributed by atoms with Crippen LogP contribution >= 0.6 is 0 Å². The highest BCUT2D eigenvalue weighted by molar-refractivity contribution is 5.90. The molecule has 0 bridgehead atoms. The molecule has 2 aromatic rings. The van der Waals surface area contributed by atoms with Crippen LogP contribution in [0.3, 0.4) is 0 Å². The molecule has 2 N–H and O–H groups in total. The average molecular weight is 312 g/mol. The number of amides is 2. The molecule has 0 aliphatic heterocycles. The van der Waals surface area contributed by atoms with Crippen molar-refractivity contribution in [2.75, 3.05) is 23.3 Å². The van der Waals surface area contributed by atoms with Crippen LogP contribution in [0.2, 0.25) is 0 Å². The molecule has 0 saturated heterocycles. The van der Waals surface area contributed by atoms with Crippen molar-refractivity contribution in [1.82, 2.24) is 10.3 Å². The zero-order valence-electron chi connectivity index (χ0n) is 14.0. The maximum Gasteiger partial charge on any atom is 0.319 e. The second-order valence-corrected chi connectivity index (χ2v) is 5.34. The summed E-state index contributed by atoms with van der Waals surface area (Å²) in [6, 6.07) is 9.66. The number of carbonyl (C=O) groups is 1. The van der Waals surface area contributed by atoms with Crippen LogP contribution < -0.4 is 15.5 Å². The van der Waals surface area contributed by atoms with E-state index in [1.54, 1.807) is 12.4 Å². The molecule has 2 rings (SSSR count). The molecular formula is C18H24N4O. The number of rotatable bonds is 6. The molecule has 122 valence electrons. The van der Waals surface area contributed by atoms with Crippen LogP contribution in [0.5, 0.6) is 0 Å². The van der Waals surface area contributed by atoms with Gasteiger partial charge in [-0.2, -0.15) is 0 Å². The Morgan fingerprint density at radius 2 is 2.00 bits per heavy atom. The maximum absolute atomic E-state index is 12.0. The zero-order chi connectivity index (χ0) is 16.7. The fraction of sp³-hybridized carbons (Fsp3) is 0.333. The quantitative estimate of drug-likeness (QED) is 0.857. The van der Waals surface area contributed by atoms with Crippen molar-refractivity contribution in [1.29, 1.82) is 0 Å². The Morgan fingerprint density at radius 3 is 2.61 bits per heavy atom. The van der Waals surface area contributed by atoms with Crippen LogP contribution in [0.1, 0.15) is 25.0 Å². The minimum Gasteiger partial charge on any atom is -0.372 e. The standard InChI is InChI=1S/C18H24N4O/c1-4-22(5-2)16-8-9-17(14(3)11-16)21-18(23)20-13-15-7-6-10-19-12-15/h6-12H,4-5,13H2,1-3H3,(H2,20,21,23). The van der Waals surface area contributed by atoms with Gasteiger partial charge in [-0.05, 0) is 56.2 Å². The van der Waals surface area contributed by atoms with Crippen molar-refractivity contribution in [3.05, 3.63) is 53.9 Å². The van der Waals surface area contributed by atoms with Crippen molar-refractivity contribution in [3.8, 4) is 0 Å². The predicted octanol–water partition coefficient (Wildman–Crippen LogP) is 3.56. The smallest absolute Gasteiger partial charge is 0.319 e. The first kappa shape index (κ1) is 16.8. The summed E-state index contributed by atoms with van der Waals surface area (Å²) < 4.78 is 0. The minimum absolute atomic E-state index is 0.215. The molecule has 1 aromatic carbocycles. The lowest BCUT2D eigenvalue weighted by Gasteiger charge is -2.22. The molecule has 0 spiro atoms. The third-order valence-corrected chi connectivity index (χ3v) is 3.76. The van der Waals surface area contributed by atoms with Crippen LogP contribution in [-0.4, -0.2) is 24.1 Å². The molecule has 1 aromatic heterocycles. The Hall–Kier alpha value is -2.56. The van der Waals surface area contributed by atoms with E-state index in [-0.39, 0.29) is 6.03 Å². The summed E-state index contributed by atoms with van der Waals surface area (Å²) in [7, 11) is 0. The van der Waals surface area contributed by atoms with E-state index in [1.165, 1.54) is 5.69 Å². The normalized spacial score (nSPS) is 10.2. The predicted molar refractivity (Wildman–Crippen MR) is 94.8 cm³/mol. The largest absolute Gasteiger partial charge is 0.372 e. The van der Waals surface area contributed by atoms with Crippen molar-refractivity contribution >= 4 is 17.4 Å². The summed E-state index contributed by atoms with van der Waals surface area (Å²) in [5, 5.41) is 5.73. The first-order chi connectivity index (χ1) is 11.1. The number of aryl methyl sites for hydroxylation is 1. The summed E-state index contributed by atoms with van der Waals surface area (Å²) in [4.78, 5) is 18.3. The number of carbonyl (C=O) groups excluding carboxylic acids is 1. The van der Waals surface area contributed by atoms with Crippen molar-refractivity contribution in [2.45, 2.75) is 27.3 Å². The number of anilines is 2. The molecule has 0 unspecified atom stereocenters. The molecule has 5 nitrogen and oxygen atoms in total. The summed E-state index contributed by atoms with van der Waals surface area (Å²) in [5.74, 6) is 0. The number of benzene rings is 1. The van der Waals surface area contributed by atoms with Crippen LogP contribution in [-0.2, 0) is 6.54 Å². The fourth-order valence-electron chi connectivity index (χ4n) is 2.43. The molecule has 0 saturated carbocycles. The van der Waals surface area contributed by atoms with E-state index in [0.717, 1.165) is 29.9 Å².